The Bertz CT molecular complexity index is 983. The molecule has 3 aromatic rings. The van der Waals surface area contributed by atoms with Gasteiger partial charge in [0.1, 0.15) is 5.82 Å². The number of rotatable bonds is 3. The van der Waals surface area contributed by atoms with Gasteiger partial charge in [-0.2, -0.15) is 0 Å². The number of hydrogen-bond acceptors (Lipinski definition) is 4. The van der Waals surface area contributed by atoms with Gasteiger partial charge in [-0.15, -0.1) is 5.10 Å². The minimum Gasteiger partial charge on any atom is -0.393 e. The monoisotopic (exact) mass is 346 g/mol. The van der Waals surface area contributed by atoms with Crippen LogP contribution in [0.3, 0.4) is 0 Å². The molecule has 1 saturated carbocycles. The Kier molecular flexibility index (Phi) is 3.75. The van der Waals surface area contributed by atoms with E-state index >= 15 is 0 Å². The van der Waals surface area contributed by atoms with Crippen LogP contribution in [-0.2, 0) is 6.42 Å². The molecule has 132 valence electrons. The Hall–Kier alpha value is -2.66. The first kappa shape index (κ1) is 15.6. The van der Waals surface area contributed by atoms with Crippen LogP contribution in [0.5, 0.6) is 0 Å². The number of allylic oxidation sites excluding steroid dienone is 1. The van der Waals surface area contributed by atoms with Gasteiger partial charge in [-0.05, 0) is 60.6 Å². The maximum Gasteiger partial charge on any atom is 0.154 e. The second-order valence-corrected chi connectivity index (χ2v) is 7.33. The fraction of sp³-hybridized carbons (Fsp3) is 0.333. The summed E-state index contributed by atoms with van der Waals surface area (Å²) < 4.78 is 1.94. The summed E-state index contributed by atoms with van der Waals surface area (Å²) in [4.78, 5) is 4.52. The van der Waals surface area contributed by atoms with Gasteiger partial charge in [0.05, 0.1) is 18.0 Å². The molecule has 2 N–H and O–H groups in total. The Labute approximate surface area is 152 Å². The van der Waals surface area contributed by atoms with E-state index in [0.717, 1.165) is 49.3 Å². The minimum atomic E-state index is -0.139. The van der Waals surface area contributed by atoms with Crippen molar-refractivity contribution in [1.82, 2.24) is 14.6 Å². The van der Waals surface area contributed by atoms with Gasteiger partial charge in [-0.1, -0.05) is 24.3 Å². The van der Waals surface area contributed by atoms with E-state index in [1.807, 2.05) is 22.8 Å². The van der Waals surface area contributed by atoms with Crippen molar-refractivity contribution in [2.75, 3.05) is 5.32 Å². The summed E-state index contributed by atoms with van der Waals surface area (Å²) in [7, 11) is 0. The average molecular weight is 346 g/mol. The van der Waals surface area contributed by atoms with Crippen molar-refractivity contribution < 1.29 is 5.11 Å². The average Bonchev–Trinajstić information content (AvgIpc) is 3.26. The number of aliphatic hydroxyl groups is 1. The van der Waals surface area contributed by atoms with Crippen LogP contribution in [-0.4, -0.2) is 31.9 Å². The molecular formula is C21H22N4O. The van der Waals surface area contributed by atoms with E-state index in [-0.39, 0.29) is 6.10 Å². The van der Waals surface area contributed by atoms with Crippen molar-refractivity contribution in [2.45, 2.75) is 44.2 Å². The molecule has 0 bridgehead atoms. The zero-order chi connectivity index (χ0) is 17.5. The summed E-state index contributed by atoms with van der Waals surface area (Å²) in [5, 5.41) is 18.0. The van der Waals surface area contributed by atoms with E-state index in [0.29, 0.717) is 6.04 Å². The summed E-state index contributed by atoms with van der Waals surface area (Å²) in [5.74, 6) is 0.870. The maximum atomic E-state index is 9.68. The summed E-state index contributed by atoms with van der Waals surface area (Å²) in [6.45, 7) is 0. The third-order valence-electron chi connectivity index (χ3n) is 5.51. The van der Waals surface area contributed by atoms with E-state index in [1.54, 1.807) is 0 Å². The molecule has 26 heavy (non-hydrogen) atoms. The van der Waals surface area contributed by atoms with Crippen molar-refractivity contribution in [3.8, 4) is 0 Å². The van der Waals surface area contributed by atoms with Gasteiger partial charge in [-0.25, -0.2) is 9.50 Å². The van der Waals surface area contributed by atoms with Crippen molar-refractivity contribution in [3.05, 3.63) is 59.4 Å². The van der Waals surface area contributed by atoms with Gasteiger partial charge in [0.15, 0.2) is 5.65 Å². The molecule has 0 saturated heterocycles. The van der Waals surface area contributed by atoms with Crippen molar-refractivity contribution >= 4 is 23.1 Å². The zero-order valence-corrected chi connectivity index (χ0v) is 14.6. The molecule has 2 aliphatic carbocycles. The van der Waals surface area contributed by atoms with Crippen LogP contribution in [0.2, 0.25) is 0 Å². The molecule has 5 rings (SSSR count). The number of nitrogens with one attached hydrogen (secondary N) is 1. The molecule has 0 atom stereocenters. The predicted octanol–water partition coefficient (Wildman–Crippen LogP) is 3.54. The number of aliphatic hydroxyl groups excluding tert-OH is 1. The molecule has 5 heteroatoms. The standard InChI is InChI=1S/C21H22N4O/c26-18-7-5-17(6-8-18)23-20-9-10-21-22-13-19(25(21)24-20)16-11-14-3-1-2-4-15(14)12-16/h1-4,9-11,13,17-18,26H,5-8,12H2,(H,23,24). The van der Waals surface area contributed by atoms with Crippen LogP contribution in [0.15, 0.2) is 42.6 Å². The topological polar surface area (TPSA) is 62.5 Å². The van der Waals surface area contributed by atoms with Gasteiger partial charge in [-0.3, -0.25) is 0 Å². The lowest BCUT2D eigenvalue weighted by Crippen LogP contribution is -2.28. The van der Waals surface area contributed by atoms with Gasteiger partial charge in [0.25, 0.3) is 0 Å². The summed E-state index contributed by atoms with van der Waals surface area (Å²) in [6, 6.07) is 12.9. The number of nitrogens with zero attached hydrogens (tertiary/aromatic N) is 3. The largest absolute Gasteiger partial charge is 0.393 e. The van der Waals surface area contributed by atoms with Crippen LogP contribution in [0.25, 0.3) is 17.3 Å². The lowest BCUT2D eigenvalue weighted by atomic mass is 9.93. The van der Waals surface area contributed by atoms with Crippen LogP contribution in [0.4, 0.5) is 5.82 Å². The fourth-order valence-electron chi connectivity index (χ4n) is 4.04. The summed E-state index contributed by atoms with van der Waals surface area (Å²) in [5.41, 5.74) is 5.81. The number of fused-ring (bicyclic) bond motifs is 2. The number of anilines is 1. The first-order valence-corrected chi connectivity index (χ1v) is 9.34. The molecule has 0 amide bonds. The molecule has 2 aromatic heterocycles. The molecule has 1 fully saturated rings. The minimum absolute atomic E-state index is 0.139. The van der Waals surface area contributed by atoms with Crippen molar-refractivity contribution in [2.24, 2.45) is 0 Å². The second-order valence-electron chi connectivity index (χ2n) is 7.33. The lowest BCUT2D eigenvalue weighted by Gasteiger charge is -2.26. The van der Waals surface area contributed by atoms with Gasteiger partial charge < -0.3 is 10.4 Å². The van der Waals surface area contributed by atoms with E-state index in [4.69, 9.17) is 5.10 Å². The van der Waals surface area contributed by atoms with Crippen LogP contribution >= 0.6 is 0 Å². The highest BCUT2D eigenvalue weighted by Crippen LogP contribution is 2.31. The molecule has 0 unspecified atom stereocenters. The summed E-state index contributed by atoms with van der Waals surface area (Å²) in [6.07, 6.45) is 8.63. The smallest absolute Gasteiger partial charge is 0.154 e. The van der Waals surface area contributed by atoms with Crippen LogP contribution in [0, 0.1) is 0 Å². The Morgan fingerprint density at radius 1 is 1.04 bits per heavy atom. The molecule has 0 spiro atoms. The quantitative estimate of drug-likeness (QED) is 0.761. The third-order valence-corrected chi connectivity index (χ3v) is 5.51. The number of benzene rings is 1. The third kappa shape index (κ3) is 2.78. The number of imidazole rings is 1. The van der Waals surface area contributed by atoms with E-state index in [9.17, 15) is 5.11 Å². The fourth-order valence-corrected chi connectivity index (χ4v) is 4.04. The maximum absolute atomic E-state index is 9.68. The van der Waals surface area contributed by atoms with Crippen LogP contribution in [0.1, 0.15) is 42.5 Å². The molecule has 0 aliphatic heterocycles. The van der Waals surface area contributed by atoms with E-state index in [2.05, 4.69) is 40.6 Å². The van der Waals surface area contributed by atoms with Crippen molar-refractivity contribution in [3.63, 3.8) is 0 Å². The Balaban J connectivity index is 1.43. The van der Waals surface area contributed by atoms with Crippen molar-refractivity contribution in [1.29, 1.82) is 0 Å². The van der Waals surface area contributed by atoms with E-state index < -0.39 is 0 Å². The summed E-state index contributed by atoms with van der Waals surface area (Å²) >= 11 is 0. The molecule has 0 radical (unpaired) electrons. The molecule has 1 aromatic carbocycles. The molecule has 2 aliphatic rings. The van der Waals surface area contributed by atoms with E-state index in [1.165, 1.54) is 16.7 Å². The zero-order valence-electron chi connectivity index (χ0n) is 14.6. The van der Waals surface area contributed by atoms with Crippen LogP contribution < -0.4 is 5.32 Å². The normalized spacial score (nSPS) is 22.3. The lowest BCUT2D eigenvalue weighted by molar-refractivity contribution is 0.126. The van der Waals surface area contributed by atoms with Gasteiger partial charge in [0, 0.05) is 12.5 Å². The highest BCUT2D eigenvalue weighted by molar-refractivity contribution is 5.87. The second kappa shape index (κ2) is 6.25. The molecule has 5 nitrogen and oxygen atoms in total. The predicted molar refractivity (Wildman–Crippen MR) is 103 cm³/mol. The first-order chi connectivity index (χ1) is 12.8. The molecule has 2 heterocycles. The highest BCUT2D eigenvalue weighted by atomic mass is 16.3. The Morgan fingerprint density at radius 2 is 1.88 bits per heavy atom. The molecular weight excluding hydrogens is 324 g/mol. The Morgan fingerprint density at radius 3 is 2.73 bits per heavy atom. The SMILES string of the molecule is OC1CCC(Nc2ccc3ncc(C4=Cc5ccccc5C4)n3n2)CC1. The number of hydrogen-bond donors (Lipinski definition) is 2. The first-order valence-electron chi connectivity index (χ1n) is 9.34. The van der Waals surface area contributed by atoms with Gasteiger partial charge in [0.2, 0.25) is 0 Å². The van der Waals surface area contributed by atoms with Gasteiger partial charge >= 0.3 is 0 Å². The number of aromatic nitrogens is 3. The highest BCUT2D eigenvalue weighted by Gasteiger charge is 2.20.